The van der Waals surface area contributed by atoms with Crippen LogP contribution in [0.1, 0.15) is 20.8 Å². The van der Waals surface area contributed by atoms with E-state index in [4.69, 9.17) is 4.74 Å². The molecule has 13 heavy (non-hydrogen) atoms. The molecule has 3 heteroatoms. The van der Waals surface area contributed by atoms with Gasteiger partial charge < -0.3 is 10.1 Å². The van der Waals surface area contributed by atoms with Gasteiger partial charge in [-0.05, 0) is 20.8 Å². The molecular weight excluding hydrogens is 164 g/mol. The minimum absolute atomic E-state index is 0.359. The summed E-state index contributed by atoms with van der Waals surface area (Å²) in [7, 11) is 0. The minimum Gasteiger partial charge on any atom is -0.377 e. The predicted molar refractivity (Wildman–Crippen MR) is 55.0 cm³/mol. The second-order valence-electron chi connectivity index (χ2n) is 4.01. The SMILES string of the molecule is CC(C)OCCN1CCNC[C@H]1C. The molecule has 1 saturated heterocycles. The number of nitrogens with one attached hydrogen (secondary N) is 1. The number of rotatable bonds is 4. The normalized spacial score (nSPS) is 25.4. The predicted octanol–water partition coefficient (Wildman–Crippen LogP) is 0.705. The van der Waals surface area contributed by atoms with E-state index in [1.54, 1.807) is 0 Å². The average Bonchev–Trinajstić information content (AvgIpc) is 2.08. The summed E-state index contributed by atoms with van der Waals surface area (Å²) in [5.41, 5.74) is 0. The van der Waals surface area contributed by atoms with E-state index in [9.17, 15) is 0 Å². The first-order valence-electron chi connectivity index (χ1n) is 5.26. The van der Waals surface area contributed by atoms with Crippen LogP contribution >= 0.6 is 0 Å². The van der Waals surface area contributed by atoms with Crippen LogP contribution in [0.3, 0.4) is 0 Å². The Morgan fingerprint density at radius 1 is 1.54 bits per heavy atom. The van der Waals surface area contributed by atoms with Gasteiger partial charge >= 0.3 is 0 Å². The van der Waals surface area contributed by atoms with Gasteiger partial charge in [-0.3, -0.25) is 4.90 Å². The molecule has 0 aromatic carbocycles. The number of nitrogens with zero attached hydrogens (tertiary/aromatic N) is 1. The summed E-state index contributed by atoms with van der Waals surface area (Å²) in [6.07, 6.45) is 0.359. The van der Waals surface area contributed by atoms with Crippen molar-refractivity contribution in [2.45, 2.75) is 32.9 Å². The largest absolute Gasteiger partial charge is 0.377 e. The molecule has 0 aromatic heterocycles. The van der Waals surface area contributed by atoms with E-state index in [0.717, 1.165) is 32.8 Å². The maximum absolute atomic E-state index is 5.53. The lowest BCUT2D eigenvalue weighted by atomic mass is 10.2. The van der Waals surface area contributed by atoms with Crippen molar-refractivity contribution < 1.29 is 4.74 Å². The Bertz CT molecular complexity index is 139. The number of hydrogen-bond acceptors (Lipinski definition) is 3. The number of piperazine rings is 1. The lowest BCUT2D eigenvalue weighted by molar-refractivity contribution is 0.0458. The lowest BCUT2D eigenvalue weighted by Crippen LogP contribution is -2.50. The van der Waals surface area contributed by atoms with Gasteiger partial charge in [0.25, 0.3) is 0 Å². The van der Waals surface area contributed by atoms with Gasteiger partial charge in [-0.25, -0.2) is 0 Å². The highest BCUT2D eigenvalue weighted by Gasteiger charge is 2.16. The molecule has 0 aromatic rings. The molecule has 78 valence electrons. The summed E-state index contributed by atoms with van der Waals surface area (Å²) in [5.74, 6) is 0. The van der Waals surface area contributed by atoms with Crippen LogP contribution in [0.25, 0.3) is 0 Å². The van der Waals surface area contributed by atoms with E-state index >= 15 is 0 Å². The molecule has 1 atom stereocenters. The first-order chi connectivity index (χ1) is 6.20. The molecule has 1 aliphatic rings. The average molecular weight is 186 g/mol. The quantitative estimate of drug-likeness (QED) is 0.699. The van der Waals surface area contributed by atoms with Gasteiger partial charge in [0, 0.05) is 32.2 Å². The zero-order chi connectivity index (χ0) is 9.68. The smallest absolute Gasteiger partial charge is 0.0597 e. The van der Waals surface area contributed by atoms with Crippen molar-refractivity contribution in [3.63, 3.8) is 0 Å². The third-order valence-corrected chi connectivity index (χ3v) is 2.47. The van der Waals surface area contributed by atoms with Gasteiger partial charge in [0.2, 0.25) is 0 Å². The van der Waals surface area contributed by atoms with E-state index in [0.29, 0.717) is 12.1 Å². The second kappa shape index (κ2) is 5.58. The molecule has 0 radical (unpaired) electrons. The van der Waals surface area contributed by atoms with Gasteiger partial charge in [-0.1, -0.05) is 0 Å². The third-order valence-electron chi connectivity index (χ3n) is 2.47. The zero-order valence-corrected chi connectivity index (χ0v) is 9.05. The molecule has 0 amide bonds. The fraction of sp³-hybridized carbons (Fsp3) is 1.00. The summed E-state index contributed by atoms with van der Waals surface area (Å²) in [5, 5.41) is 3.38. The first kappa shape index (κ1) is 11.0. The van der Waals surface area contributed by atoms with Crippen LogP contribution in [0.4, 0.5) is 0 Å². The van der Waals surface area contributed by atoms with Crippen LogP contribution in [-0.2, 0) is 4.74 Å². The van der Waals surface area contributed by atoms with Crippen LogP contribution < -0.4 is 5.32 Å². The van der Waals surface area contributed by atoms with E-state index in [-0.39, 0.29) is 0 Å². The van der Waals surface area contributed by atoms with E-state index in [1.807, 2.05) is 0 Å². The minimum atomic E-state index is 0.359. The standard InChI is InChI=1S/C10H22N2O/c1-9(2)13-7-6-12-5-4-11-8-10(12)3/h9-11H,4-8H2,1-3H3/t10-/m1/s1. The fourth-order valence-electron chi connectivity index (χ4n) is 1.62. The molecule has 0 unspecified atom stereocenters. The first-order valence-corrected chi connectivity index (χ1v) is 5.26. The highest BCUT2D eigenvalue weighted by Crippen LogP contribution is 2.01. The van der Waals surface area contributed by atoms with E-state index in [2.05, 4.69) is 31.0 Å². The van der Waals surface area contributed by atoms with Crippen LogP contribution in [0.15, 0.2) is 0 Å². The molecule has 1 rings (SSSR count). The molecule has 3 nitrogen and oxygen atoms in total. The van der Waals surface area contributed by atoms with E-state index < -0.39 is 0 Å². The summed E-state index contributed by atoms with van der Waals surface area (Å²) < 4.78 is 5.53. The van der Waals surface area contributed by atoms with Crippen molar-refractivity contribution in [3.05, 3.63) is 0 Å². The number of ether oxygens (including phenoxy) is 1. The fourth-order valence-corrected chi connectivity index (χ4v) is 1.62. The van der Waals surface area contributed by atoms with Crippen LogP contribution in [-0.4, -0.2) is 49.8 Å². The molecule has 0 bridgehead atoms. The second-order valence-corrected chi connectivity index (χ2v) is 4.01. The summed E-state index contributed by atoms with van der Waals surface area (Å²) in [4.78, 5) is 2.48. The molecule has 1 heterocycles. The van der Waals surface area contributed by atoms with Crippen LogP contribution in [0.2, 0.25) is 0 Å². The molecule has 0 saturated carbocycles. The summed E-state index contributed by atoms with van der Waals surface area (Å²) in [6, 6.07) is 0.657. The maximum Gasteiger partial charge on any atom is 0.0597 e. The summed E-state index contributed by atoms with van der Waals surface area (Å²) >= 11 is 0. The highest BCUT2D eigenvalue weighted by molar-refractivity contribution is 4.75. The van der Waals surface area contributed by atoms with E-state index in [1.165, 1.54) is 0 Å². The van der Waals surface area contributed by atoms with Gasteiger partial charge in [0.05, 0.1) is 12.7 Å². The lowest BCUT2D eigenvalue weighted by Gasteiger charge is -2.33. The Kier molecular flexibility index (Phi) is 4.70. The molecule has 0 aliphatic carbocycles. The molecule has 0 spiro atoms. The van der Waals surface area contributed by atoms with Crippen molar-refractivity contribution in [2.24, 2.45) is 0 Å². The zero-order valence-electron chi connectivity index (χ0n) is 9.05. The Morgan fingerprint density at radius 3 is 2.92 bits per heavy atom. The van der Waals surface area contributed by atoms with Gasteiger partial charge in [-0.15, -0.1) is 0 Å². The highest BCUT2D eigenvalue weighted by atomic mass is 16.5. The summed E-state index contributed by atoms with van der Waals surface area (Å²) in [6.45, 7) is 11.8. The van der Waals surface area contributed by atoms with Crippen molar-refractivity contribution >= 4 is 0 Å². The molecule has 1 aliphatic heterocycles. The molecule has 1 N–H and O–H groups in total. The maximum atomic E-state index is 5.53. The monoisotopic (exact) mass is 186 g/mol. The molecular formula is C10H22N2O. The Labute approximate surface area is 81.4 Å². The van der Waals surface area contributed by atoms with Crippen molar-refractivity contribution in [1.82, 2.24) is 10.2 Å². The molecule has 1 fully saturated rings. The third kappa shape index (κ3) is 4.07. The van der Waals surface area contributed by atoms with Gasteiger partial charge in [0.15, 0.2) is 0 Å². The van der Waals surface area contributed by atoms with Crippen molar-refractivity contribution in [1.29, 1.82) is 0 Å². The Hall–Kier alpha value is -0.120. The van der Waals surface area contributed by atoms with Gasteiger partial charge in [-0.2, -0.15) is 0 Å². The van der Waals surface area contributed by atoms with Crippen LogP contribution in [0, 0.1) is 0 Å². The van der Waals surface area contributed by atoms with Crippen molar-refractivity contribution in [2.75, 3.05) is 32.8 Å². The van der Waals surface area contributed by atoms with Crippen LogP contribution in [0.5, 0.6) is 0 Å². The Balaban J connectivity index is 2.11. The number of hydrogen-bond donors (Lipinski definition) is 1. The van der Waals surface area contributed by atoms with Crippen molar-refractivity contribution in [3.8, 4) is 0 Å². The topological polar surface area (TPSA) is 24.5 Å². The van der Waals surface area contributed by atoms with Gasteiger partial charge in [0.1, 0.15) is 0 Å². The Morgan fingerprint density at radius 2 is 2.31 bits per heavy atom.